The zero-order valence-electron chi connectivity index (χ0n) is 19.7. The minimum absolute atomic E-state index is 0.00712. The van der Waals surface area contributed by atoms with E-state index in [1.807, 2.05) is 47.4 Å². The standard InChI is InChI=1S/C27H28N4O4/c1-2-35-26(34)19-9-6-12-31(16-19)27-29-24-23(25(33)30-27)20-13-18(14-22(32)21(20)15-28-24)11-10-17-7-4-3-5-8-17/h3-5,7-8,10-11,15,18-19H,2,6,9,12-14,16H2,1H3,(H,28,29,30,33)/b11-10+/t18-,19+/m0/s1. The molecule has 1 fully saturated rings. The Labute approximate surface area is 203 Å². The lowest BCUT2D eigenvalue weighted by atomic mass is 9.82. The van der Waals surface area contributed by atoms with Gasteiger partial charge in [-0.25, -0.2) is 4.98 Å². The third-order valence-corrected chi connectivity index (χ3v) is 6.75. The molecule has 2 atom stereocenters. The van der Waals surface area contributed by atoms with Gasteiger partial charge in [0.15, 0.2) is 11.4 Å². The van der Waals surface area contributed by atoms with Crippen molar-refractivity contribution < 1.29 is 14.3 Å². The predicted molar refractivity (Wildman–Crippen MR) is 133 cm³/mol. The van der Waals surface area contributed by atoms with Crippen molar-refractivity contribution in [2.24, 2.45) is 11.8 Å². The number of aromatic nitrogens is 3. The zero-order valence-corrected chi connectivity index (χ0v) is 19.7. The molecule has 35 heavy (non-hydrogen) atoms. The van der Waals surface area contributed by atoms with Crippen LogP contribution >= 0.6 is 0 Å². The average molecular weight is 473 g/mol. The first-order valence-corrected chi connectivity index (χ1v) is 12.1. The van der Waals surface area contributed by atoms with Gasteiger partial charge in [-0.05, 0) is 43.2 Å². The van der Waals surface area contributed by atoms with E-state index in [4.69, 9.17) is 4.74 Å². The minimum atomic E-state index is -0.312. The van der Waals surface area contributed by atoms with Crippen LogP contribution in [0.4, 0.5) is 5.95 Å². The lowest BCUT2D eigenvalue weighted by molar-refractivity contribution is -0.148. The number of carbonyl (C=O) groups is 2. The van der Waals surface area contributed by atoms with Gasteiger partial charge in [0.25, 0.3) is 5.56 Å². The van der Waals surface area contributed by atoms with E-state index in [9.17, 15) is 14.4 Å². The molecule has 1 aromatic carbocycles. The number of esters is 1. The first-order valence-electron chi connectivity index (χ1n) is 12.1. The summed E-state index contributed by atoms with van der Waals surface area (Å²) in [5, 5.41) is 0.372. The molecule has 0 radical (unpaired) electrons. The Morgan fingerprint density at radius 2 is 2.06 bits per heavy atom. The molecule has 0 spiro atoms. The number of fused-ring (bicyclic) bond motifs is 3. The number of ether oxygens (including phenoxy) is 1. The summed E-state index contributed by atoms with van der Waals surface area (Å²) < 4.78 is 5.18. The molecule has 1 aliphatic carbocycles. The second-order valence-corrected chi connectivity index (χ2v) is 9.14. The third-order valence-electron chi connectivity index (χ3n) is 6.75. The first-order chi connectivity index (χ1) is 17.0. The van der Waals surface area contributed by atoms with Crippen LogP contribution in [0.25, 0.3) is 17.1 Å². The molecule has 1 aliphatic heterocycles. The number of Topliss-reactive ketones (excluding diaryl/α,β-unsaturated/α-hetero) is 1. The number of ketones is 1. The number of rotatable bonds is 5. The van der Waals surface area contributed by atoms with E-state index in [-0.39, 0.29) is 29.1 Å². The number of piperidine rings is 1. The van der Waals surface area contributed by atoms with Crippen LogP contribution in [0.3, 0.4) is 0 Å². The maximum Gasteiger partial charge on any atom is 0.310 e. The Hall–Kier alpha value is -3.81. The van der Waals surface area contributed by atoms with E-state index >= 15 is 0 Å². The van der Waals surface area contributed by atoms with Gasteiger partial charge in [-0.15, -0.1) is 0 Å². The van der Waals surface area contributed by atoms with Gasteiger partial charge in [0.05, 0.1) is 17.9 Å². The maximum absolute atomic E-state index is 13.2. The van der Waals surface area contributed by atoms with E-state index in [1.54, 1.807) is 13.1 Å². The van der Waals surface area contributed by atoms with Gasteiger partial charge < -0.3 is 9.64 Å². The van der Waals surface area contributed by atoms with Crippen LogP contribution in [0.2, 0.25) is 0 Å². The molecule has 8 nitrogen and oxygen atoms in total. The van der Waals surface area contributed by atoms with Gasteiger partial charge in [-0.1, -0.05) is 42.5 Å². The smallest absolute Gasteiger partial charge is 0.310 e. The monoisotopic (exact) mass is 472 g/mol. The number of nitrogens with one attached hydrogen (secondary N) is 1. The fourth-order valence-corrected chi connectivity index (χ4v) is 5.01. The minimum Gasteiger partial charge on any atom is -0.466 e. The maximum atomic E-state index is 13.2. The molecule has 2 aromatic heterocycles. The molecule has 8 heteroatoms. The number of hydrogen-bond acceptors (Lipinski definition) is 7. The lowest BCUT2D eigenvalue weighted by Gasteiger charge is -2.32. The van der Waals surface area contributed by atoms with E-state index in [1.165, 1.54) is 0 Å². The van der Waals surface area contributed by atoms with E-state index in [0.29, 0.717) is 60.6 Å². The summed E-state index contributed by atoms with van der Waals surface area (Å²) in [6.45, 7) is 3.25. The lowest BCUT2D eigenvalue weighted by Crippen LogP contribution is -2.41. The van der Waals surface area contributed by atoms with Gasteiger partial charge in [-0.2, -0.15) is 4.98 Å². The number of allylic oxidation sites excluding steroid dienone is 1. The Balaban J connectivity index is 1.45. The highest BCUT2D eigenvalue weighted by Gasteiger charge is 2.30. The van der Waals surface area contributed by atoms with E-state index in [2.05, 4.69) is 15.0 Å². The van der Waals surface area contributed by atoms with Crippen molar-refractivity contribution in [2.75, 3.05) is 24.6 Å². The Bertz CT molecular complexity index is 1350. The number of hydrogen-bond donors (Lipinski definition) is 1. The van der Waals surface area contributed by atoms with Crippen LogP contribution in [0.15, 0.2) is 47.4 Å². The highest BCUT2D eigenvalue weighted by atomic mass is 16.5. The second kappa shape index (κ2) is 9.82. The third kappa shape index (κ3) is 4.73. The number of anilines is 1. The number of benzene rings is 1. The molecule has 3 heterocycles. The molecule has 2 aliphatic rings. The number of nitrogens with zero attached hydrogens (tertiary/aromatic N) is 3. The van der Waals surface area contributed by atoms with Crippen molar-refractivity contribution in [1.29, 1.82) is 0 Å². The fraction of sp³-hybridized carbons (Fsp3) is 0.370. The van der Waals surface area contributed by atoms with Crippen molar-refractivity contribution in [3.8, 4) is 0 Å². The van der Waals surface area contributed by atoms with Crippen molar-refractivity contribution in [3.63, 3.8) is 0 Å². The Morgan fingerprint density at radius 1 is 1.23 bits per heavy atom. The van der Waals surface area contributed by atoms with Crippen molar-refractivity contribution in [1.82, 2.24) is 15.0 Å². The summed E-state index contributed by atoms with van der Waals surface area (Å²) >= 11 is 0. The van der Waals surface area contributed by atoms with Gasteiger partial charge >= 0.3 is 5.97 Å². The predicted octanol–water partition coefficient (Wildman–Crippen LogP) is 3.56. The molecule has 0 bridgehead atoms. The molecule has 180 valence electrons. The normalized spacial score (nSPS) is 20.3. The molecule has 3 aromatic rings. The number of pyridine rings is 1. The van der Waals surface area contributed by atoms with Crippen LogP contribution < -0.4 is 10.5 Å². The molecule has 0 unspecified atom stereocenters. The first kappa shape index (κ1) is 23.0. The summed E-state index contributed by atoms with van der Waals surface area (Å²) in [6.07, 6.45) is 8.11. The van der Waals surface area contributed by atoms with Crippen molar-refractivity contribution >= 4 is 34.8 Å². The van der Waals surface area contributed by atoms with Gasteiger partial charge in [-0.3, -0.25) is 19.4 Å². The Morgan fingerprint density at radius 3 is 2.86 bits per heavy atom. The quantitative estimate of drug-likeness (QED) is 0.566. The summed E-state index contributed by atoms with van der Waals surface area (Å²) in [5.74, 6) is -0.101. The van der Waals surface area contributed by atoms with Crippen LogP contribution in [-0.2, 0) is 16.0 Å². The summed E-state index contributed by atoms with van der Waals surface area (Å²) in [6, 6.07) is 9.93. The van der Waals surface area contributed by atoms with Crippen LogP contribution in [-0.4, -0.2) is 46.4 Å². The van der Waals surface area contributed by atoms with Crippen molar-refractivity contribution in [2.45, 2.75) is 32.6 Å². The fourth-order valence-electron chi connectivity index (χ4n) is 5.01. The summed E-state index contributed by atoms with van der Waals surface area (Å²) in [4.78, 5) is 52.1. The molecule has 1 saturated heterocycles. The van der Waals surface area contributed by atoms with E-state index in [0.717, 1.165) is 18.4 Å². The topological polar surface area (TPSA) is 105 Å². The van der Waals surface area contributed by atoms with Crippen LogP contribution in [0, 0.1) is 11.8 Å². The molecule has 1 N–H and O–H groups in total. The number of carbonyl (C=O) groups excluding carboxylic acids is 2. The Kier molecular flexibility index (Phi) is 6.44. The second-order valence-electron chi connectivity index (χ2n) is 9.14. The van der Waals surface area contributed by atoms with Gasteiger partial charge in [0.1, 0.15) is 0 Å². The zero-order chi connectivity index (χ0) is 24.4. The molecular formula is C27H28N4O4. The SMILES string of the molecule is CCOC(=O)[C@@H]1CCCN(c2nc3ncc4c(c3c(=O)[nH]2)C[C@H](/C=C/c2ccccc2)CC4=O)C1. The molecule has 0 amide bonds. The summed E-state index contributed by atoms with van der Waals surface area (Å²) in [5.41, 5.74) is 2.28. The van der Waals surface area contributed by atoms with Gasteiger partial charge in [0, 0.05) is 31.3 Å². The average Bonchev–Trinajstić information content (AvgIpc) is 2.88. The number of aromatic amines is 1. The highest BCUT2D eigenvalue weighted by molar-refractivity contribution is 6.02. The van der Waals surface area contributed by atoms with Crippen LogP contribution in [0.1, 0.15) is 47.7 Å². The van der Waals surface area contributed by atoms with Crippen LogP contribution in [0.5, 0.6) is 0 Å². The highest BCUT2D eigenvalue weighted by Crippen LogP contribution is 2.30. The van der Waals surface area contributed by atoms with E-state index < -0.39 is 0 Å². The molecular weight excluding hydrogens is 444 g/mol. The molecule has 0 saturated carbocycles. The van der Waals surface area contributed by atoms with Crippen molar-refractivity contribution in [3.05, 3.63) is 69.6 Å². The molecule has 5 rings (SSSR count). The number of H-pyrrole nitrogens is 1. The summed E-state index contributed by atoms with van der Waals surface area (Å²) in [7, 11) is 0. The van der Waals surface area contributed by atoms with Gasteiger partial charge in [0.2, 0.25) is 5.95 Å². The largest absolute Gasteiger partial charge is 0.466 e.